The van der Waals surface area contributed by atoms with E-state index in [1.54, 1.807) is 31.1 Å². The van der Waals surface area contributed by atoms with Crippen LogP contribution < -0.4 is 0 Å². The number of para-hydroxylation sites is 2. The summed E-state index contributed by atoms with van der Waals surface area (Å²) < 4.78 is 11.1. The minimum Gasteiger partial charge on any atom is -0.455 e. The van der Waals surface area contributed by atoms with Crippen LogP contribution in [0.3, 0.4) is 0 Å². The minimum absolute atomic E-state index is 0.849. The topological polar surface area (TPSA) is 86.9 Å². The lowest BCUT2D eigenvalue weighted by Crippen LogP contribution is -1.93. The second-order valence-electron chi connectivity index (χ2n) is 15.1. The predicted octanol–water partition coefficient (Wildman–Crippen LogP) is 15.9. The number of nitrogens with zero attached hydrogens (tertiary/aromatic N) is 7. The SMILES string of the molecule is C=C(/C=C\C)C(=C)/C=C\N=CC.CC.CS.Cc1ccncc1.c1ccc(-n2c3ccc(-c4cccc5c4oc4ccc(-n6c7cccnc7c7ncccc76)cc45)cc3c3ncccc32)cc1. The second-order valence-corrected chi connectivity index (χ2v) is 15.1. The Kier molecular flexibility index (Phi) is 16.1. The molecule has 0 aliphatic rings. The lowest BCUT2D eigenvalue weighted by Gasteiger charge is -2.08. The van der Waals surface area contributed by atoms with E-state index in [0.29, 0.717) is 0 Å². The summed E-state index contributed by atoms with van der Waals surface area (Å²) in [5.41, 5.74) is 16.1. The quantitative estimate of drug-likeness (QED) is 0.0978. The zero-order valence-electron chi connectivity index (χ0n) is 39.4. The summed E-state index contributed by atoms with van der Waals surface area (Å²) in [5, 5.41) is 3.25. The first-order valence-electron chi connectivity index (χ1n) is 22.5. The Labute approximate surface area is 403 Å². The van der Waals surface area contributed by atoms with Crippen molar-refractivity contribution in [2.24, 2.45) is 4.99 Å². The van der Waals surface area contributed by atoms with E-state index in [1.807, 2.05) is 108 Å². The number of rotatable bonds is 7. The lowest BCUT2D eigenvalue weighted by molar-refractivity contribution is 0.670. The van der Waals surface area contributed by atoms with E-state index in [-0.39, 0.29) is 0 Å². The van der Waals surface area contributed by atoms with Crippen molar-refractivity contribution in [3.05, 3.63) is 219 Å². The summed E-state index contributed by atoms with van der Waals surface area (Å²) in [6.45, 7) is 17.5. The third-order valence-electron chi connectivity index (χ3n) is 11.0. The molecule has 11 rings (SSSR count). The summed E-state index contributed by atoms with van der Waals surface area (Å²) in [5.74, 6) is 0. The fourth-order valence-corrected chi connectivity index (χ4v) is 8.00. The molecule has 4 aromatic carbocycles. The molecule has 0 aliphatic carbocycles. The Bertz CT molecular complexity index is 3530. The fourth-order valence-electron chi connectivity index (χ4n) is 8.00. The molecule has 0 spiro atoms. The molecule has 7 heterocycles. The molecule has 68 heavy (non-hydrogen) atoms. The van der Waals surface area contributed by atoms with E-state index in [2.05, 4.69) is 152 Å². The molecule has 0 fully saturated rings. The maximum Gasteiger partial charge on any atom is 0.143 e. The Balaban J connectivity index is 0.000000249. The van der Waals surface area contributed by atoms with Crippen LogP contribution in [0.2, 0.25) is 0 Å². The van der Waals surface area contributed by atoms with Gasteiger partial charge in [0.25, 0.3) is 0 Å². The molecular formula is C59H55N7OS. The average molecular weight is 910 g/mol. The molecule has 0 radical (unpaired) electrons. The van der Waals surface area contributed by atoms with Gasteiger partial charge in [-0.15, -0.1) is 0 Å². The van der Waals surface area contributed by atoms with Crippen molar-refractivity contribution in [1.82, 2.24) is 29.1 Å². The van der Waals surface area contributed by atoms with Crippen molar-refractivity contribution >= 4 is 84.8 Å². The number of hydrogen-bond donors (Lipinski definition) is 1. The van der Waals surface area contributed by atoms with Crippen molar-refractivity contribution < 1.29 is 4.42 Å². The first-order valence-corrected chi connectivity index (χ1v) is 23.4. The molecule has 0 amide bonds. The number of thiol groups is 1. The smallest absolute Gasteiger partial charge is 0.143 e. The minimum atomic E-state index is 0.849. The lowest BCUT2D eigenvalue weighted by atomic mass is 10.0. The van der Waals surface area contributed by atoms with Crippen LogP contribution in [0.5, 0.6) is 0 Å². The average Bonchev–Trinajstić information content (AvgIpc) is 4.06. The molecule has 0 unspecified atom stereocenters. The fraction of sp³-hybridized carbons (Fsp3) is 0.102. The molecule has 8 nitrogen and oxygen atoms in total. The number of benzene rings is 4. The number of aryl methyl sites for hydroxylation is 1. The molecule has 11 aromatic rings. The zero-order valence-corrected chi connectivity index (χ0v) is 40.3. The number of aliphatic imine (C=N–C) groups is 1. The number of aromatic nitrogens is 6. The van der Waals surface area contributed by atoms with Crippen LogP contribution in [0.1, 0.15) is 33.3 Å². The second kappa shape index (κ2) is 22.9. The van der Waals surface area contributed by atoms with Crippen molar-refractivity contribution in [2.45, 2.75) is 34.6 Å². The molecule has 0 bridgehead atoms. The summed E-state index contributed by atoms with van der Waals surface area (Å²) >= 11 is 3.53. The van der Waals surface area contributed by atoms with Crippen LogP contribution in [-0.2, 0) is 0 Å². The summed E-state index contributed by atoms with van der Waals surface area (Å²) in [6.07, 6.45) is 19.9. The molecular weight excluding hydrogens is 855 g/mol. The monoisotopic (exact) mass is 909 g/mol. The largest absolute Gasteiger partial charge is 0.455 e. The Hall–Kier alpha value is -8.14. The highest BCUT2D eigenvalue weighted by atomic mass is 32.1. The maximum absolute atomic E-state index is 6.60. The predicted molar refractivity (Wildman–Crippen MR) is 293 cm³/mol. The van der Waals surface area contributed by atoms with E-state index in [4.69, 9.17) is 9.40 Å². The van der Waals surface area contributed by atoms with Crippen LogP contribution >= 0.6 is 12.6 Å². The maximum atomic E-state index is 6.60. The Morgan fingerprint density at radius 3 is 1.81 bits per heavy atom. The van der Waals surface area contributed by atoms with Crippen LogP contribution in [0.25, 0.3) is 88.4 Å². The molecule has 0 saturated heterocycles. The van der Waals surface area contributed by atoms with Crippen LogP contribution in [0.15, 0.2) is 223 Å². The summed E-state index contributed by atoms with van der Waals surface area (Å²) in [7, 11) is 0. The van der Waals surface area contributed by atoms with Crippen molar-refractivity contribution in [3.63, 3.8) is 0 Å². The van der Waals surface area contributed by atoms with Gasteiger partial charge < -0.3 is 13.6 Å². The highest BCUT2D eigenvalue weighted by Gasteiger charge is 2.19. The van der Waals surface area contributed by atoms with E-state index >= 15 is 0 Å². The molecule has 0 aliphatic heterocycles. The van der Waals surface area contributed by atoms with Gasteiger partial charge in [0.15, 0.2) is 0 Å². The molecule has 9 heteroatoms. The van der Waals surface area contributed by atoms with Crippen LogP contribution in [-0.4, -0.2) is 41.5 Å². The van der Waals surface area contributed by atoms with Crippen LogP contribution in [0, 0.1) is 6.92 Å². The van der Waals surface area contributed by atoms with E-state index in [0.717, 1.165) is 99.6 Å². The number of hydrogen-bond acceptors (Lipinski definition) is 7. The van der Waals surface area contributed by atoms with Gasteiger partial charge in [0.2, 0.25) is 0 Å². The van der Waals surface area contributed by atoms with Crippen molar-refractivity contribution in [2.75, 3.05) is 6.26 Å². The number of fused-ring (bicyclic) bond motifs is 9. The highest BCUT2D eigenvalue weighted by Crippen LogP contribution is 2.40. The Morgan fingerprint density at radius 1 is 0.574 bits per heavy atom. The molecule has 0 N–H and O–H groups in total. The third-order valence-corrected chi connectivity index (χ3v) is 11.0. The van der Waals surface area contributed by atoms with Gasteiger partial charge in [0.05, 0.1) is 27.6 Å². The number of furan rings is 1. The molecule has 338 valence electrons. The number of pyridine rings is 4. The van der Waals surface area contributed by atoms with Gasteiger partial charge in [0.1, 0.15) is 22.2 Å². The molecule has 0 saturated carbocycles. The highest BCUT2D eigenvalue weighted by molar-refractivity contribution is 7.79. The van der Waals surface area contributed by atoms with Gasteiger partial charge in [-0.3, -0.25) is 24.9 Å². The Morgan fingerprint density at radius 2 is 1.19 bits per heavy atom. The standard InChI is InChI=1S/C39H23N5O.C11H15N.C6H7N.C2H6.CH4S/c1-2-8-25(9-3-1)43-31-17-15-24(22-30(31)36-32(43)12-5-19-40-36)27-10-4-11-28-29-23-26(16-18-35(29)45-39(27)28)44-33-13-6-20-41-37(33)38-34(44)14-7-21-42-38;1-5-7-10(3)11(4)8-9-12-6-2;1-6-2-4-7-5-3-6;2*1-2/h1-23H;5-9H,3-4H2,1-2H3;2-5H,1H3;1-2H3;2H,1H3/b;7-5-,9-8-,12-6?;;;. The summed E-state index contributed by atoms with van der Waals surface area (Å²) in [4.78, 5) is 21.9. The van der Waals surface area contributed by atoms with E-state index in [1.165, 1.54) is 5.56 Å². The third kappa shape index (κ3) is 9.99. The van der Waals surface area contributed by atoms with E-state index < -0.39 is 0 Å². The van der Waals surface area contributed by atoms with Gasteiger partial charge in [-0.1, -0.05) is 81.6 Å². The van der Waals surface area contributed by atoms with Gasteiger partial charge in [-0.05, 0) is 146 Å². The first-order chi connectivity index (χ1) is 33.4. The normalized spacial score (nSPS) is 11.1. The van der Waals surface area contributed by atoms with Gasteiger partial charge >= 0.3 is 0 Å². The van der Waals surface area contributed by atoms with Crippen molar-refractivity contribution in [3.8, 4) is 22.5 Å². The van der Waals surface area contributed by atoms with Gasteiger partial charge in [0, 0.05) is 76.5 Å². The van der Waals surface area contributed by atoms with Gasteiger partial charge in [-0.25, -0.2) is 0 Å². The molecule has 0 atom stereocenters. The van der Waals surface area contributed by atoms with Crippen molar-refractivity contribution in [1.29, 1.82) is 0 Å². The zero-order chi connectivity index (χ0) is 48.0. The first kappa shape index (κ1) is 47.8. The number of allylic oxidation sites excluding steroid dienone is 5. The van der Waals surface area contributed by atoms with Crippen LogP contribution in [0.4, 0.5) is 0 Å². The van der Waals surface area contributed by atoms with Gasteiger partial charge in [-0.2, -0.15) is 12.6 Å². The van der Waals surface area contributed by atoms with E-state index in [9.17, 15) is 0 Å². The summed E-state index contributed by atoms with van der Waals surface area (Å²) in [6, 6.07) is 46.1. The molecule has 7 aromatic heterocycles.